The van der Waals surface area contributed by atoms with Gasteiger partial charge in [0.2, 0.25) is 0 Å². The number of hydrogen-bond acceptors (Lipinski definition) is 4. The van der Waals surface area contributed by atoms with Crippen LogP contribution in [-0.4, -0.2) is 60.7 Å². The fraction of sp³-hybridized carbons (Fsp3) is 0.444. The lowest BCUT2D eigenvalue weighted by Crippen LogP contribution is -2.57. The van der Waals surface area contributed by atoms with Gasteiger partial charge in [0.05, 0.1) is 16.8 Å². The standard InChI is InChI=1S/C18H20F4N4O/c1-11-14(8-12-2-3-13(19)9-15(12)25-11)17(27)24-10-16(18(20,21)22)26-6-4-23-5-7-26/h2-3,8-9,16,23H,4-7,10H2,1H3,(H,24,27). The third-order valence-corrected chi connectivity index (χ3v) is 4.64. The van der Waals surface area contributed by atoms with Gasteiger partial charge in [-0.1, -0.05) is 0 Å². The Morgan fingerprint density at radius 1 is 1.30 bits per heavy atom. The number of aromatic nitrogens is 1. The minimum Gasteiger partial charge on any atom is -0.350 e. The van der Waals surface area contributed by atoms with Gasteiger partial charge in [0, 0.05) is 44.2 Å². The van der Waals surface area contributed by atoms with Gasteiger partial charge in [-0.2, -0.15) is 13.2 Å². The second-order valence-corrected chi connectivity index (χ2v) is 6.51. The molecule has 2 aromatic rings. The predicted octanol–water partition coefficient (Wildman–Crippen LogP) is 2.25. The zero-order valence-electron chi connectivity index (χ0n) is 14.7. The SMILES string of the molecule is Cc1nc2cc(F)ccc2cc1C(=O)NCC(N1CCNCC1)C(F)(F)F. The number of aryl methyl sites for hydroxylation is 1. The first-order chi connectivity index (χ1) is 12.8. The summed E-state index contributed by atoms with van der Waals surface area (Å²) in [7, 11) is 0. The van der Waals surface area contributed by atoms with E-state index in [4.69, 9.17) is 0 Å². The summed E-state index contributed by atoms with van der Waals surface area (Å²) in [6.45, 7) is 2.51. The highest BCUT2D eigenvalue weighted by Crippen LogP contribution is 2.25. The van der Waals surface area contributed by atoms with E-state index >= 15 is 0 Å². The monoisotopic (exact) mass is 384 g/mol. The highest BCUT2D eigenvalue weighted by atomic mass is 19.4. The van der Waals surface area contributed by atoms with Gasteiger partial charge in [-0.05, 0) is 25.1 Å². The highest BCUT2D eigenvalue weighted by Gasteiger charge is 2.43. The van der Waals surface area contributed by atoms with Crippen molar-refractivity contribution in [2.24, 2.45) is 0 Å². The Morgan fingerprint density at radius 3 is 2.67 bits per heavy atom. The zero-order chi connectivity index (χ0) is 19.6. The van der Waals surface area contributed by atoms with Gasteiger partial charge >= 0.3 is 6.18 Å². The molecule has 27 heavy (non-hydrogen) atoms. The van der Waals surface area contributed by atoms with E-state index in [1.54, 1.807) is 6.92 Å². The van der Waals surface area contributed by atoms with Crippen LogP contribution >= 0.6 is 0 Å². The van der Waals surface area contributed by atoms with E-state index in [0.717, 1.165) is 0 Å². The fourth-order valence-electron chi connectivity index (χ4n) is 3.20. The topological polar surface area (TPSA) is 57.3 Å². The molecule has 2 N–H and O–H groups in total. The van der Waals surface area contributed by atoms with Crippen molar-refractivity contribution in [1.29, 1.82) is 0 Å². The van der Waals surface area contributed by atoms with Crippen molar-refractivity contribution in [3.8, 4) is 0 Å². The molecule has 1 aliphatic heterocycles. The van der Waals surface area contributed by atoms with Crippen molar-refractivity contribution in [2.45, 2.75) is 19.1 Å². The molecule has 1 saturated heterocycles. The van der Waals surface area contributed by atoms with E-state index in [1.165, 1.54) is 29.2 Å². The van der Waals surface area contributed by atoms with Crippen LogP contribution < -0.4 is 10.6 Å². The van der Waals surface area contributed by atoms with E-state index in [2.05, 4.69) is 15.6 Å². The second-order valence-electron chi connectivity index (χ2n) is 6.51. The molecule has 0 radical (unpaired) electrons. The molecule has 0 aliphatic carbocycles. The number of nitrogens with one attached hydrogen (secondary N) is 2. The van der Waals surface area contributed by atoms with Gasteiger partial charge < -0.3 is 10.6 Å². The lowest BCUT2D eigenvalue weighted by atomic mass is 10.1. The third kappa shape index (κ3) is 4.54. The van der Waals surface area contributed by atoms with Crippen molar-refractivity contribution in [2.75, 3.05) is 32.7 Å². The Balaban J connectivity index is 1.76. The highest BCUT2D eigenvalue weighted by molar-refractivity contribution is 5.98. The van der Waals surface area contributed by atoms with Crippen molar-refractivity contribution in [3.63, 3.8) is 0 Å². The number of nitrogens with zero attached hydrogens (tertiary/aromatic N) is 2. The molecule has 9 heteroatoms. The van der Waals surface area contributed by atoms with Crippen molar-refractivity contribution in [3.05, 3.63) is 41.3 Å². The maximum Gasteiger partial charge on any atom is 0.405 e. The first-order valence-corrected chi connectivity index (χ1v) is 8.62. The lowest BCUT2D eigenvalue weighted by Gasteiger charge is -2.35. The molecule has 146 valence electrons. The van der Waals surface area contributed by atoms with E-state index < -0.39 is 30.5 Å². The first-order valence-electron chi connectivity index (χ1n) is 8.62. The van der Waals surface area contributed by atoms with Crippen LogP contribution in [-0.2, 0) is 0 Å². The zero-order valence-corrected chi connectivity index (χ0v) is 14.7. The van der Waals surface area contributed by atoms with Crippen LogP contribution in [0.15, 0.2) is 24.3 Å². The average Bonchev–Trinajstić information content (AvgIpc) is 2.60. The molecule has 2 heterocycles. The van der Waals surface area contributed by atoms with Gasteiger partial charge in [-0.15, -0.1) is 0 Å². The number of amides is 1. The number of piperazine rings is 1. The Hall–Kier alpha value is -2.26. The molecule has 0 spiro atoms. The van der Waals surface area contributed by atoms with Crippen LogP contribution in [0.1, 0.15) is 16.1 Å². The predicted molar refractivity (Wildman–Crippen MR) is 93.1 cm³/mol. The lowest BCUT2D eigenvalue weighted by molar-refractivity contribution is -0.183. The number of pyridine rings is 1. The minimum atomic E-state index is -4.45. The second kappa shape index (κ2) is 7.77. The summed E-state index contributed by atoms with van der Waals surface area (Å²) in [4.78, 5) is 18.0. The normalized spacial score (nSPS) is 17.1. The quantitative estimate of drug-likeness (QED) is 0.794. The number of fused-ring (bicyclic) bond motifs is 1. The van der Waals surface area contributed by atoms with Crippen LogP contribution in [0, 0.1) is 12.7 Å². The van der Waals surface area contributed by atoms with E-state index in [1.807, 2.05) is 0 Å². The molecule has 1 aromatic heterocycles. The maximum absolute atomic E-state index is 13.4. The van der Waals surface area contributed by atoms with Gasteiger partial charge in [-0.3, -0.25) is 14.7 Å². The summed E-state index contributed by atoms with van der Waals surface area (Å²) in [5.74, 6) is -1.08. The number of alkyl halides is 3. The number of carbonyl (C=O) groups is 1. The van der Waals surface area contributed by atoms with Crippen LogP contribution in [0.3, 0.4) is 0 Å². The average molecular weight is 384 g/mol. The number of hydrogen-bond donors (Lipinski definition) is 2. The molecule has 0 saturated carbocycles. The smallest absolute Gasteiger partial charge is 0.350 e. The van der Waals surface area contributed by atoms with Crippen molar-refractivity contribution < 1.29 is 22.4 Å². The van der Waals surface area contributed by atoms with E-state index in [9.17, 15) is 22.4 Å². The Morgan fingerprint density at radius 2 is 2.00 bits per heavy atom. The number of rotatable bonds is 4. The fourth-order valence-corrected chi connectivity index (χ4v) is 3.20. The Kier molecular flexibility index (Phi) is 5.61. The van der Waals surface area contributed by atoms with Crippen LogP contribution in [0.25, 0.3) is 10.9 Å². The summed E-state index contributed by atoms with van der Waals surface area (Å²) in [5, 5.41) is 5.94. The molecule has 1 aromatic carbocycles. The first kappa shape index (κ1) is 19.5. The van der Waals surface area contributed by atoms with Crippen molar-refractivity contribution in [1.82, 2.24) is 20.5 Å². The number of carbonyl (C=O) groups excluding carboxylic acids is 1. The van der Waals surface area contributed by atoms with Gasteiger partial charge in [-0.25, -0.2) is 4.39 Å². The number of halogens is 4. The number of benzene rings is 1. The molecular weight excluding hydrogens is 364 g/mol. The summed E-state index contributed by atoms with van der Waals surface area (Å²) in [6.07, 6.45) is -4.45. The molecular formula is C18H20F4N4O. The van der Waals surface area contributed by atoms with Gasteiger partial charge in [0.25, 0.3) is 5.91 Å². The summed E-state index contributed by atoms with van der Waals surface area (Å²) in [6, 6.07) is 3.73. The molecule has 5 nitrogen and oxygen atoms in total. The van der Waals surface area contributed by atoms with E-state index in [0.29, 0.717) is 29.7 Å². The minimum absolute atomic E-state index is 0.176. The summed E-state index contributed by atoms with van der Waals surface area (Å²) >= 11 is 0. The molecule has 1 amide bonds. The molecule has 1 atom stereocenters. The van der Waals surface area contributed by atoms with Crippen molar-refractivity contribution >= 4 is 16.8 Å². The largest absolute Gasteiger partial charge is 0.405 e. The van der Waals surface area contributed by atoms with Gasteiger partial charge in [0.1, 0.15) is 11.9 Å². The van der Waals surface area contributed by atoms with Crippen LogP contribution in [0.2, 0.25) is 0 Å². The molecule has 1 aliphatic rings. The molecule has 1 unspecified atom stereocenters. The summed E-state index contributed by atoms with van der Waals surface area (Å²) in [5.41, 5.74) is 0.893. The maximum atomic E-state index is 13.4. The summed E-state index contributed by atoms with van der Waals surface area (Å²) < 4.78 is 53.6. The van der Waals surface area contributed by atoms with Crippen LogP contribution in [0.4, 0.5) is 17.6 Å². The molecule has 0 bridgehead atoms. The Bertz CT molecular complexity index is 834. The van der Waals surface area contributed by atoms with Crippen LogP contribution in [0.5, 0.6) is 0 Å². The molecule has 3 rings (SSSR count). The van der Waals surface area contributed by atoms with Gasteiger partial charge in [0.15, 0.2) is 0 Å². The Labute approximate surface area is 153 Å². The third-order valence-electron chi connectivity index (χ3n) is 4.64. The van der Waals surface area contributed by atoms with E-state index in [-0.39, 0.29) is 18.7 Å². The molecule has 1 fully saturated rings.